The van der Waals surface area contributed by atoms with Crippen LogP contribution in [0.25, 0.3) is 10.8 Å². The van der Waals surface area contributed by atoms with Gasteiger partial charge in [-0.3, -0.25) is 0 Å². The summed E-state index contributed by atoms with van der Waals surface area (Å²) in [6, 6.07) is 12.4. The van der Waals surface area contributed by atoms with E-state index in [0.717, 1.165) is 10.6 Å². The molecule has 96 valence electrons. The van der Waals surface area contributed by atoms with Gasteiger partial charge in [-0.05, 0) is 27.7 Å². The standard InChI is InChI=1S/C13H15Cl3Si2/c1-17(2,14)12-8-4-7-11-10(12)6-5-9-13(11)18(3,15)16/h4-9H,1-3H3. The Morgan fingerprint density at radius 2 is 1.17 bits per heavy atom. The lowest BCUT2D eigenvalue weighted by Gasteiger charge is -2.20. The first-order valence-corrected chi connectivity index (χ1v) is 14.3. The highest BCUT2D eigenvalue weighted by Gasteiger charge is 2.28. The summed E-state index contributed by atoms with van der Waals surface area (Å²) in [5.41, 5.74) is 0. The summed E-state index contributed by atoms with van der Waals surface area (Å²) < 4.78 is 0. The highest BCUT2D eigenvalue weighted by atomic mass is 35.7. The molecule has 0 aromatic heterocycles. The third-order valence-electron chi connectivity index (χ3n) is 3.04. The van der Waals surface area contributed by atoms with Crippen LogP contribution in [0.4, 0.5) is 0 Å². The Morgan fingerprint density at radius 1 is 0.722 bits per heavy atom. The van der Waals surface area contributed by atoms with Crippen LogP contribution in [0.3, 0.4) is 0 Å². The highest BCUT2D eigenvalue weighted by Crippen LogP contribution is 2.22. The number of fused-ring (bicyclic) bond motifs is 1. The molecular formula is C13H15Cl3Si2. The number of halogens is 3. The second kappa shape index (κ2) is 4.84. The van der Waals surface area contributed by atoms with Crippen LogP contribution in [-0.2, 0) is 0 Å². The van der Waals surface area contributed by atoms with Gasteiger partial charge in [-0.1, -0.05) is 49.5 Å². The second-order valence-corrected chi connectivity index (χ2v) is 18.8. The van der Waals surface area contributed by atoms with Crippen molar-refractivity contribution in [3.63, 3.8) is 0 Å². The zero-order valence-electron chi connectivity index (χ0n) is 10.6. The summed E-state index contributed by atoms with van der Waals surface area (Å²) in [6.45, 7) is 3.83. The molecule has 0 aliphatic carbocycles. The summed E-state index contributed by atoms with van der Waals surface area (Å²) in [4.78, 5) is 0. The van der Waals surface area contributed by atoms with Crippen LogP contribution in [0.1, 0.15) is 0 Å². The van der Waals surface area contributed by atoms with Crippen LogP contribution in [0.2, 0.25) is 19.6 Å². The molecule has 18 heavy (non-hydrogen) atoms. The predicted octanol–water partition coefficient (Wildman–Crippen LogP) is 4.25. The molecule has 0 unspecified atom stereocenters. The molecule has 0 aliphatic heterocycles. The van der Waals surface area contributed by atoms with Crippen molar-refractivity contribution in [3.05, 3.63) is 36.4 Å². The molecule has 0 heterocycles. The van der Waals surface area contributed by atoms with Crippen LogP contribution in [0.15, 0.2) is 36.4 Å². The predicted molar refractivity (Wildman–Crippen MR) is 89.9 cm³/mol. The molecule has 2 rings (SSSR count). The van der Waals surface area contributed by atoms with Gasteiger partial charge in [0.25, 0.3) is 6.69 Å². The molecule has 0 aliphatic rings. The Kier molecular flexibility index (Phi) is 3.87. The topological polar surface area (TPSA) is 0 Å². The fourth-order valence-corrected chi connectivity index (χ4v) is 6.13. The first-order chi connectivity index (χ1) is 8.21. The first-order valence-electron chi connectivity index (χ1n) is 5.80. The summed E-state index contributed by atoms with van der Waals surface area (Å²) in [7, 11) is -1.88. The smallest absolute Gasteiger partial charge is 0.161 e. The fourth-order valence-electron chi connectivity index (χ4n) is 2.21. The average molecular weight is 334 g/mol. The van der Waals surface area contributed by atoms with Crippen molar-refractivity contribution in [2.24, 2.45) is 0 Å². The molecule has 0 radical (unpaired) electrons. The van der Waals surface area contributed by atoms with Crippen LogP contribution >= 0.6 is 33.2 Å². The van der Waals surface area contributed by atoms with Crippen LogP contribution < -0.4 is 10.4 Å². The van der Waals surface area contributed by atoms with E-state index in [1.165, 1.54) is 10.6 Å². The molecule has 0 N–H and O–H groups in total. The molecular weight excluding hydrogens is 319 g/mol. The van der Waals surface area contributed by atoms with E-state index in [9.17, 15) is 0 Å². The zero-order chi connectivity index (χ0) is 13.6. The van der Waals surface area contributed by atoms with Gasteiger partial charge < -0.3 is 0 Å². The summed E-state index contributed by atoms with van der Waals surface area (Å²) >= 11 is 19.4. The molecule has 0 spiro atoms. The molecule has 0 fully saturated rings. The minimum atomic E-state index is -2.36. The van der Waals surface area contributed by atoms with Gasteiger partial charge in [-0.25, -0.2) is 0 Å². The van der Waals surface area contributed by atoms with Crippen LogP contribution in [-0.4, -0.2) is 14.1 Å². The van der Waals surface area contributed by atoms with E-state index in [4.69, 9.17) is 33.2 Å². The van der Waals surface area contributed by atoms with Gasteiger partial charge in [0.1, 0.15) is 0 Å². The van der Waals surface area contributed by atoms with Crippen molar-refractivity contribution < 1.29 is 0 Å². The van der Waals surface area contributed by atoms with E-state index < -0.39 is 14.1 Å². The van der Waals surface area contributed by atoms with Gasteiger partial charge in [-0.2, -0.15) is 11.1 Å². The Bertz CT molecular complexity index is 530. The monoisotopic (exact) mass is 332 g/mol. The van der Waals surface area contributed by atoms with Crippen molar-refractivity contribution in [2.45, 2.75) is 19.6 Å². The number of benzene rings is 2. The summed E-state index contributed by atoms with van der Waals surface area (Å²) in [6.07, 6.45) is 0. The maximum absolute atomic E-state index is 6.59. The van der Waals surface area contributed by atoms with Crippen molar-refractivity contribution in [2.75, 3.05) is 0 Å². The SMILES string of the molecule is C[Si](C)(Cl)c1cccc2c([Si](C)(Cl)Cl)cccc12. The van der Waals surface area contributed by atoms with E-state index in [1.807, 2.05) is 24.7 Å². The first kappa shape index (κ1) is 14.4. The summed E-state index contributed by atoms with van der Waals surface area (Å²) in [5.74, 6) is 0. The van der Waals surface area contributed by atoms with Gasteiger partial charge in [0.05, 0.1) is 0 Å². The lowest BCUT2D eigenvalue weighted by molar-refractivity contribution is 1.78. The van der Waals surface area contributed by atoms with Crippen molar-refractivity contribution >= 4 is 68.5 Å². The summed E-state index contributed by atoms with van der Waals surface area (Å²) in [5, 5.41) is 4.66. The Hall–Kier alpha value is 0.00377. The van der Waals surface area contributed by atoms with Crippen LogP contribution in [0, 0.1) is 0 Å². The lowest BCUT2D eigenvalue weighted by Crippen LogP contribution is -2.38. The van der Waals surface area contributed by atoms with Gasteiger partial charge in [0.15, 0.2) is 7.38 Å². The highest BCUT2D eigenvalue weighted by molar-refractivity contribution is 7.50. The minimum absolute atomic E-state index is 1.07. The van der Waals surface area contributed by atoms with Gasteiger partial charge in [-0.15, -0.1) is 22.2 Å². The molecule has 2 aromatic carbocycles. The molecule has 0 saturated carbocycles. The molecule has 0 bridgehead atoms. The van der Waals surface area contributed by atoms with Gasteiger partial charge in [0, 0.05) is 0 Å². The van der Waals surface area contributed by atoms with E-state index in [0.29, 0.717) is 0 Å². The largest absolute Gasteiger partial charge is 0.278 e. The van der Waals surface area contributed by atoms with Crippen molar-refractivity contribution in [1.29, 1.82) is 0 Å². The lowest BCUT2D eigenvalue weighted by atomic mass is 10.1. The zero-order valence-corrected chi connectivity index (χ0v) is 14.9. The molecule has 0 amide bonds. The molecule has 0 saturated heterocycles. The third kappa shape index (κ3) is 2.78. The second-order valence-electron chi connectivity index (χ2n) is 5.07. The maximum Gasteiger partial charge on any atom is 0.278 e. The van der Waals surface area contributed by atoms with E-state index >= 15 is 0 Å². The van der Waals surface area contributed by atoms with E-state index in [2.05, 4.69) is 31.3 Å². The fraction of sp³-hybridized carbons (Fsp3) is 0.231. The van der Waals surface area contributed by atoms with Crippen molar-refractivity contribution in [1.82, 2.24) is 0 Å². The number of hydrogen-bond donors (Lipinski definition) is 0. The third-order valence-corrected chi connectivity index (χ3v) is 7.97. The van der Waals surface area contributed by atoms with E-state index in [-0.39, 0.29) is 0 Å². The Labute approximate surface area is 124 Å². The Morgan fingerprint density at radius 3 is 1.61 bits per heavy atom. The molecule has 0 atom stereocenters. The quantitative estimate of drug-likeness (QED) is 0.569. The van der Waals surface area contributed by atoms with Gasteiger partial charge in [0.2, 0.25) is 0 Å². The maximum atomic E-state index is 6.59. The number of hydrogen-bond acceptors (Lipinski definition) is 0. The normalized spacial score (nSPS) is 13.0. The van der Waals surface area contributed by atoms with Crippen molar-refractivity contribution in [3.8, 4) is 0 Å². The molecule has 2 aromatic rings. The molecule has 0 nitrogen and oxygen atoms in total. The Balaban J connectivity index is 2.82. The minimum Gasteiger partial charge on any atom is -0.161 e. The molecule has 5 heteroatoms. The number of rotatable bonds is 2. The van der Waals surface area contributed by atoms with Crippen LogP contribution in [0.5, 0.6) is 0 Å². The average Bonchev–Trinajstić information content (AvgIpc) is 2.24. The van der Waals surface area contributed by atoms with E-state index in [1.54, 1.807) is 0 Å². The van der Waals surface area contributed by atoms with Gasteiger partial charge >= 0.3 is 0 Å².